The van der Waals surface area contributed by atoms with Gasteiger partial charge < -0.3 is 10.6 Å². The Bertz CT molecular complexity index is 638. The molecule has 0 spiro atoms. The molecule has 0 radical (unpaired) electrons. The molecule has 9 heteroatoms. The van der Waals surface area contributed by atoms with Crippen LogP contribution in [0.1, 0.15) is 11.3 Å². The number of nitrogens with zero attached hydrogens (tertiary/aromatic N) is 5. The van der Waals surface area contributed by atoms with Crippen LogP contribution >= 0.6 is 0 Å². The lowest BCUT2D eigenvalue weighted by atomic mass is 10.2. The standard InChI is InChI=1S/C11H15N7O2/c1-7-8(6-17(3)16-7)4-13-10-9(18(19)20)5-14-11(12-2)15-10/h5-6H,4H2,1-3H3,(H2,12,13,14,15). The summed E-state index contributed by atoms with van der Waals surface area (Å²) in [6, 6.07) is 0. The van der Waals surface area contributed by atoms with Gasteiger partial charge in [-0.05, 0) is 6.92 Å². The average Bonchev–Trinajstić information content (AvgIpc) is 2.74. The molecule has 2 heterocycles. The van der Waals surface area contributed by atoms with Crippen LogP contribution in [0.3, 0.4) is 0 Å². The largest absolute Gasteiger partial charge is 0.360 e. The van der Waals surface area contributed by atoms with Crippen molar-refractivity contribution in [2.24, 2.45) is 7.05 Å². The number of nitrogens with one attached hydrogen (secondary N) is 2. The van der Waals surface area contributed by atoms with Gasteiger partial charge in [0.1, 0.15) is 6.20 Å². The Hall–Kier alpha value is -2.71. The van der Waals surface area contributed by atoms with Gasteiger partial charge in [0, 0.05) is 32.4 Å². The van der Waals surface area contributed by atoms with Crippen LogP contribution in [0.25, 0.3) is 0 Å². The quantitative estimate of drug-likeness (QED) is 0.621. The molecule has 106 valence electrons. The Morgan fingerprint density at radius 2 is 2.25 bits per heavy atom. The van der Waals surface area contributed by atoms with E-state index in [-0.39, 0.29) is 11.5 Å². The summed E-state index contributed by atoms with van der Waals surface area (Å²) in [4.78, 5) is 18.3. The molecule has 0 saturated carbocycles. The fourth-order valence-electron chi connectivity index (χ4n) is 1.76. The molecule has 0 aliphatic heterocycles. The first-order chi connectivity index (χ1) is 9.51. The lowest BCUT2D eigenvalue weighted by Gasteiger charge is -2.06. The van der Waals surface area contributed by atoms with Gasteiger partial charge in [-0.1, -0.05) is 0 Å². The van der Waals surface area contributed by atoms with Crippen molar-refractivity contribution in [3.63, 3.8) is 0 Å². The van der Waals surface area contributed by atoms with Gasteiger partial charge in [-0.3, -0.25) is 14.8 Å². The minimum Gasteiger partial charge on any atom is -0.360 e. The molecular weight excluding hydrogens is 262 g/mol. The zero-order valence-corrected chi connectivity index (χ0v) is 11.4. The molecule has 0 aliphatic rings. The first-order valence-corrected chi connectivity index (χ1v) is 5.93. The topological polar surface area (TPSA) is 111 Å². The molecule has 0 fully saturated rings. The molecule has 0 bridgehead atoms. The van der Waals surface area contributed by atoms with Gasteiger partial charge in [0.2, 0.25) is 11.8 Å². The van der Waals surface area contributed by atoms with E-state index < -0.39 is 4.92 Å². The second-order valence-corrected chi connectivity index (χ2v) is 4.20. The summed E-state index contributed by atoms with van der Waals surface area (Å²) in [5, 5.41) is 20.9. The SMILES string of the molecule is CNc1ncc([N+](=O)[O-])c(NCc2cn(C)nc2C)n1. The Morgan fingerprint density at radius 1 is 1.50 bits per heavy atom. The number of hydrogen-bond donors (Lipinski definition) is 2. The van der Waals surface area contributed by atoms with E-state index in [4.69, 9.17) is 0 Å². The van der Waals surface area contributed by atoms with Crippen molar-refractivity contribution in [2.45, 2.75) is 13.5 Å². The molecule has 20 heavy (non-hydrogen) atoms. The van der Waals surface area contributed by atoms with Crippen molar-refractivity contribution in [1.82, 2.24) is 19.7 Å². The summed E-state index contributed by atoms with van der Waals surface area (Å²) in [5.41, 5.74) is 1.66. The fraction of sp³-hybridized carbons (Fsp3) is 0.364. The first kappa shape index (κ1) is 13.7. The van der Waals surface area contributed by atoms with Crippen LogP contribution < -0.4 is 10.6 Å². The van der Waals surface area contributed by atoms with Crippen LogP contribution in [0.5, 0.6) is 0 Å². The normalized spacial score (nSPS) is 10.3. The van der Waals surface area contributed by atoms with Gasteiger partial charge in [0.15, 0.2) is 0 Å². The van der Waals surface area contributed by atoms with Gasteiger partial charge in [-0.25, -0.2) is 4.98 Å². The maximum Gasteiger partial charge on any atom is 0.329 e. The van der Waals surface area contributed by atoms with E-state index in [1.165, 1.54) is 6.20 Å². The van der Waals surface area contributed by atoms with Crippen LogP contribution in [-0.2, 0) is 13.6 Å². The second-order valence-electron chi connectivity index (χ2n) is 4.20. The summed E-state index contributed by atoms with van der Waals surface area (Å²) in [6.45, 7) is 2.28. The van der Waals surface area contributed by atoms with Crippen LogP contribution in [0.15, 0.2) is 12.4 Å². The zero-order valence-electron chi connectivity index (χ0n) is 11.4. The number of nitro groups is 1. The van der Waals surface area contributed by atoms with Gasteiger partial charge >= 0.3 is 5.69 Å². The minimum atomic E-state index is -0.516. The van der Waals surface area contributed by atoms with Crippen molar-refractivity contribution in [1.29, 1.82) is 0 Å². The summed E-state index contributed by atoms with van der Waals surface area (Å²) in [5.74, 6) is 0.499. The summed E-state index contributed by atoms with van der Waals surface area (Å²) in [7, 11) is 3.47. The number of rotatable bonds is 5. The molecule has 0 aromatic carbocycles. The second kappa shape index (κ2) is 5.51. The van der Waals surface area contributed by atoms with Crippen molar-refractivity contribution in [2.75, 3.05) is 17.7 Å². The Labute approximate surface area is 115 Å². The number of anilines is 2. The molecule has 2 N–H and O–H groups in total. The minimum absolute atomic E-state index is 0.162. The lowest BCUT2D eigenvalue weighted by molar-refractivity contribution is -0.384. The van der Waals surface area contributed by atoms with Gasteiger partial charge in [-0.2, -0.15) is 10.1 Å². The Kier molecular flexibility index (Phi) is 3.78. The average molecular weight is 277 g/mol. The summed E-state index contributed by atoms with van der Waals surface area (Å²) < 4.78 is 1.69. The monoisotopic (exact) mass is 277 g/mol. The third-order valence-electron chi connectivity index (χ3n) is 2.75. The number of aromatic nitrogens is 4. The van der Waals surface area contributed by atoms with Crippen molar-refractivity contribution in [3.05, 3.63) is 33.8 Å². The van der Waals surface area contributed by atoms with E-state index in [0.717, 1.165) is 11.3 Å². The maximum absolute atomic E-state index is 11.0. The van der Waals surface area contributed by atoms with Crippen molar-refractivity contribution >= 4 is 17.5 Å². The zero-order chi connectivity index (χ0) is 14.7. The van der Waals surface area contributed by atoms with E-state index in [1.54, 1.807) is 11.7 Å². The predicted octanol–water partition coefficient (Wildman–Crippen LogP) is 1.08. The highest BCUT2D eigenvalue weighted by Gasteiger charge is 2.17. The molecule has 9 nitrogen and oxygen atoms in total. The van der Waals surface area contributed by atoms with Crippen LogP contribution in [-0.4, -0.2) is 31.7 Å². The lowest BCUT2D eigenvalue weighted by Crippen LogP contribution is -2.07. The third-order valence-corrected chi connectivity index (χ3v) is 2.75. The van der Waals surface area contributed by atoms with Crippen molar-refractivity contribution < 1.29 is 4.92 Å². The van der Waals surface area contributed by atoms with Gasteiger partial charge in [0.05, 0.1) is 10.6 Å². The molecule has 0 amide bonds. The van der Waals surface area contributed by atoms with E-state index in [9.17, 15) is 10.1 Å². The van der Waals surface area contributed by atoms with Crippen LogP contribution in [0.4, 0.5) is 17.5 Å². The highest BCUT2D eigenvalue weighted by atomic mass is 16.6. The highest BCUT2D eigenvalue weighted by molar-refractivity contribution is 5.57. The molecule has 0 unspecified atom stereocenters. The van der Waals surface area contributed by atoms with Crippen LogP contribution in [0.2, 0.25) is 0 Å². The third kappa shape index (κ3) is 2.82. The Balaban J connectivity index is 2.23. The Morgan fingerprint density at radius 3 is 2.80 bits per heavy atom. The molecule has 0 aliphatic carbocycles. The molecule has 2 rings (SSSR count). The first-order valence-electron chi connectivity index (χ1n) is 5.93. The van der Waals surface area contributed by atoms with Crippen LogP contribution in [0, 0.1) is 17.0 Å². The molecule has 0 saturated heterocycles. The molecular formula is C11H15N7O2. The van der Waals surface area contributed by atoms with Crippen molar-refractivity contribution in [3.8, 4) is 0 Å². The molecule has 2 aromatic heterocycles. The molecule has 2 aromatic rings. The summed E-state index contributed by atoms with van der Waals surface area (Å²) in [6.07, 6.45) is 3.03. The smallest absolute Gasteiger partial charge is 0.329 e. The molecule has 0 atom stereocenters. The van der Waals surface area contributed by atoms with E-state index in [0.29, 0.717) is 12.5 Å². The fourth-order valence-corrected chi connectivity index (χ4v) is 1.76. The van der Waals surface area contributed by atoms with Gasteiger partial charge in [-0.15, -0.1) is 0 Å². The summed E-state index contributed by atoms with van der Waals surface area (Å²) >= 11 is 0. The number of aryl methyl sites for hydroxylation is 2. The highest BCUT2D eigenvalue weighted by Crippen LogP contribution is 2.22. The van der Waals surface area contributed by atoms with E-state index in [1.807, 2.05) is 20.2 Å². The maximum atomic E-state index is 11.0. The van der Waals surface area contributed by atoms with E-state index in [2.05, 4.69) is 25.7 Å². The van der Waals surface area contributed by atoms with Gasteiger partial charge in [0.25, 0.3) is 0 Å². The predicted molar refractivity (Wildman–Crippen MR) is 73.5 cm³/mol. The number of hydrogen-bond acceptors (Lipinski definition) is 7. The van der Waals surface area contributed by atoms with E-state index >= 15 is 0 Å².